The van der Waals surface area contributed by atoms with Gasteiger partial charge in [0.05, 0.1) is 0 Å². The molecule has 1 fully saturated rings. The Bertz CT molecular complexity index is 564. The van der Waals surface area contributed by atoms with Crippen LogP contribution in [0.4, 0.5) is 8.78 Å². The van der Waals surface area contributed by atoms with E-state index in [4.69, 9.17) is 5.73 Å². The molecular formula is C14H16F2N2. The van der Waals surface area contributed by atoms with Crippen molar-refractivity contribution in [2.45, 2.75) is 37.1 Å². The average Bonchev–Trinajstić information content (AvgIpc) is 2.78. The Labute approximate surface area is 104 Å². The van der Waals surface area contributed by atoms with E-state index >= 15 is 0 Å². The van der Waals surface area contributed by atoms with Gasteiger partial charge in [0.2, 0.25) is 5.92 Å². The van der Waals surface area contributed by atoms with Crippen LogP contribution in [0.5, 0.6) is 0 Å². The Morgan fingerprint density at radius 2 is 1.72 bits per heavy atom. The van der Waals surface area contributed by atoms with E-state index in [-0.39, 0.29) is 12.8 Å². The summed E-state index contributed by atoms with van der Waals surface area (Å²) >= 11 is 0. The predicted octanol–water partition coefficient (Wildman–Crippen LogP) is 3.53. The maximum absolute atomic E-state index is 13.2. The lowest BCUT2D eigenvalue weighted by Crippen LogP contribution is -2.43. The molecule has 18 heavy (non-hydrogen) atoms. The van der Waals surface area contributed by atoms with Crippen molar-refractivity contribution in [3.63, 3.8) is 0 Å². The standard InChI is InChI=1S/C14H16F2N2/c15-14(16)7-5-13(17,6-8-14)11-9-18-12-4-2-1-3-10(11)12/h1-4,9,18H,5-8,17H2. The third kappa shape index (κ3) is 1.81. The number of nitrogens with one attached hydrogen (secondary N) is 1. The van der Waals surface area contributed by atoms with E-state index in [1.807, 2.05) is 30.5 Å². The van der Waals surface area contributed by atoms with Crippen LogP contribution >= 0.6 is 0 Å². The van der Waals surface area contributed by atoms with E-state index in [1.165, 1.54) is 0 Å². The van der Waals surface area contributed by atoms with E-state index < -0.39 is 11.5 Å². The number of H-pyrrole nitrogens is 1. The molecule has 0 radical (unpaired) electrons. The average molecular weight is 250 g/mol. The Kier molecular flexibility index (Phi) is 2.45. The van der Waals surface area contributed by atoms with Crippen LogP contribution in [-0.2, 0) is 5.54 Å². The lowest BCUT2D eigenvalue weighted by Gasteiger charge is -2.37. The number of nitrogens with two attached hydrogens (primary N) is 1. The van der Waals surface area contributed by atoms with Gasteiger partial charge in [-0.05, 0) is 24.5 Å². The number of rotatable bonds is 1. The molecule has 0 spiro atoms. The van der Waals surface area contributed by atoms with Crippen LogP contribution < -0.4 is 5.73 Å². The lowest BCUT2D eigenvalue weighted by molar-refractivity contribution is -0.0512. The summed E-state index contributed by atoms with van der Waals surface area (Å²) < 4.78 is 26.5. The zero-order chi connectivity index (χ0) is 12.8. The van der Waals surface area contributed by atoms with Gasteiger partial charge in [0.15, 0.2) is 0 Å². The van der Waals surface area contributed by atoms with Crippen molar-refractivity contribution in [1.82, 2.24) is 4.98 Å². The first-order valence-corrected chi connectivity index (χ1v) is 6.24. The molecule has 0 amide bonds. The third-order valence-electron chi connectivity index (χ3n) is 4.00. The molecule has 1 aromatic heterocycles. The Hall–Kier alpha value is -1.42. The summed E-state index contributed by atoms with van der Waals surface area (Å²) in [7, 11) is 0. The summed E-state index contributed by atoms with van der Waals surface area (Å²) in [6.45, 7) is 0. The number of hydrogen-bond acceptors (Lipinski definition) is 1. The number of alkyl halides is 2. The third-order valence-corrected chi connectivity index (χ3v) is 4.00. The normalized spacial score (nSPS) is 22.2. The van der Waals surface area contributed by atoms with Crippen molar-refractivity contribution in [3.8, 4) is 0 Å². The number of para-hydroxylation sites is 1. The Morgan fingerprint density at radius 1 is 1.06 bits per heavy atom. The van der Waals surface area contributed by atoms with Crippen LogP contribution in [0.3, 0.4) is 0 Å². The van der Waals surface area contributed by atoms with Crippen molar-refractivity contribution >= 4 is 10.9 Å². The fourth-order valence-corrected chi connectivity index (χ4v) is 2.81. The number of benzene rings is 1. The fraction of sp³-hybridized carbons (Fsp3) is 0.429. The molecule has 0 atom stereocenters. The van der Waals surface area contributed by atoms with Crippen LogP contribution in [0, 0.1) is 0 Å². The number of halogens is 2. The van der Waals surface area contributed by atoms with Crippen LogP contribution in [0.25, 0.3) is 10.9 Å². The number of fused-ring (bicyclic) bond motifs is 1. The van der Waals surface area contributed by atoms with E-state index in [0.717, 1.165) is 16.5 Å². The summed E-state index contributed by atoms with van der Waals surface area (Å²) in [6, 6.07) is 7.85. The maximum atomic E-state index is 13.2. The van der Waals surface area contributed by atoms with Crippen LogP contribution in [0.15, 0.2) is 30.5 Å². The fourth-order valence-electron chi connectivity index (χ4n) is 2.81. The first-order valence-electron chi connectivity index (χ1n) is 6.24. The minimum Gasteiger partial charge on any atom is -0.361 e. The molecule has 4 heteroatoms. The smallest absolute Gasteiger partial charge is 0.248 e. The van der Waals surface area contributed by atoms with Gasteiger partial charge in [-0.2, -0.15) is 0 Å². The second-order valence-corrected chi connectivity index (χ2v) is 5.26. The van der Waals surface area contributed by atoms with Gasteiger partial charge in [-0.15, -0.1) is 0 Å². The van der Waals surface area contributed by atoms with Crippen LogP contribution in [-0.4, -0.2) is 10.9 Å². The predicted molar refractivity (Wildman–Crippen MR) is 67.6 cm³/mol. The molecule has 1 aromatic carbocycles. The summed E-state index contributed by atoms with van der Waals surface area (Å²) in [5.74, 6) is -2.55. The van der Waals surface area contributed by atoms with E-state index in [9.17, 15) is 8.78 Å². The molecule has 3 N–H and O–H groups in total. The summed E-state index contributed by atoms with van der Waals surface area (Å²) in [4.78, 5) is 3.16. The first kappa shape index (κ1) is 11.7. The largest absolute Gasteiger partial charge is 0.361 e. The highest BCUT2D eigenvalue weighted by Gasteiger charge is 2.42. The summed E-state index contributed by atoms with van der Waals surface area (Å²) in [6.07, 6.45) is 2.30. The molecule has 2 aromatic rings. The Balaban J connectivity index is 1.99. The lowest BCUT2D eigenvalue weighted by atomic mass is 9.76. The van der Waals surface area contributed by atoms with Gasteiger partial charge in [0.25, 0.3) is 0 Å². The highest BCUT2D eigenvalue weighted by molar-refractivity contribution is 5.84. The minimum atomic E-state index is -2.55. The van der Waals surface area contributed by atoms with Gasteiger partial charge in [-0.3, -0.25) is 0 Å². The second kappa shape index (κ2) is 3.79. The van der Waals surface area contributed by atoms with Crippen molar-refractivity contribution in [2.75, 3.05) is 0 Å². The van der Waals surface area contributed by atoms with E-state index in [0.29, 0.717) is 12.8 Å². The van der Waals surface area contributed by atoms with Crippen LogP contribution in [0.1, 0.15) is 31.2 Å². The van der Waals surface area contributed by atoms with Crippen LogP contribution in [0.2, 0.25) is 0 Å². The van der Waals surface area contributed by atoms with Gasteiger partial charge in [-0.25, -0.2) is 8.78 Å². The number of aromatic amines is 1. The van der Waals surface area contributed by atoms with Gasteiger partial charge in [-0.1, -0.05) is 18.2 Å². The molecule has 3 rings (SSSR count). The summed E-state index contributed by atoms with van der Waals surface area (Å²) in [5, 5.41) is 1.05. The molecule has 0 saturated heterocycles. The zero-order valence-corrected chi connectivity index (χ0v) is 10.0. The second-order valence-electron chi connectivity index (χ2n) is 5.26. The quantitative estimate of drug-likeness (QED) is 0.798. The number of hydrogen-bond donors (Lipinski definition) is 2. The van der Waals surface area contributed by atoms with Gasteiger partial charge < -0.3 is 10.7 Å². The maximum Gasteiger partial charge on any atom is 0.248 e. The highest BCUT2D eigenvalue weighted by Crippen LogP contribution is 2.43. The molecule has 2 nitrogen and oxygen atoms in total. The van der Waals surface area contributed by atoms with Crippen molar-refractivity contribution in [2.24, 2.45) is 5.73 Å². The molecule has 1 aliphatic rings. The molecule has 0 aliphatic heterocycles. The minimum absolute atomic E-state index is 0.122. The number of aromatic nitrogens is 1. The molecule has 1 aliphatic carbocycles. The SMILES string of the molecule is NC1(c2c[nH]c3ccccc23)CCC(F)(F)CC1. The van der Waals surface area contributed by atoms with Crippen molar-refractivity contribution < 1.29 is 8.78 Å². The van der Waals surface area contributed by atoms with Gasteiger partial charge in [0.1, 0.15) is 0 Å². The molecule has 0 unspecified atom stereocenters. The Morgan fingerprint density at radius 3 is 2.44 bits per heavy atom. The first-order chi connectivity index (χ1) is 8.50. The van der Waals surface area contributed by atoms with E-state index in [1.54, 1.807) is 0 Å². The molecule has 1 saturated carbocycles. The van der Waals surface area contributed by atoms with E-state index in [2.05, 4.69) is 4.98 Å². The molecule has 1 heterocycles. The zero-order valence-electron chi connectivity index (χ0n) is 10.0. The monoisotopic (exact) mass is 250 g/mol. The summed E-state index contributed by atoms with van der Waals surface area (Å²) in [5.41, 5.74) is 7.71. The highest BCUT2D eigenvalue weighted by atomic mass is 19.3. The molecule has 96 valence electrons. The van der Waals surface area contributed by atoms with Gasteiger partial charge >= 0.3 is 0 Å². The topological polar surface area (TPSA) is 41.8 Å². The molecular weight excluding hydrogens is 234 g/mol. The van der Waals surface area contributed by atoms with Crippen molar-refractivity contribution in [3.05, 3.63) is 36.0 Å². The van der Waals surface area contributed by atoms with Crippen molar-refractivity contribution in [1.29, 1.82) is 0 Å². The molecule has 0 bridgehead atoms. The van der Waals surface area contributed by atoms with Gasteiger partial charge in [0, 0.05) is 35.5 Å².